The van der Waals surface area contributed by atoms with Crippen molar-refractivity contribution in [1.82, 2.24) is 10.3 Å². The molecule has 0 saturated heterocycles. The lowest BCUT2D eigenvalue weighted by Crippen LogP contribution is -2.34. The second-order valence-electron chi connectivity index (χ2n) is 5.27. The predicted octanol–water partition coefficient (Wildman–Crippen LogP) is 1.54. The minimum absolute atomic E-state index is 0.0535. The number of aliphatic hydroxyl groups excluding tert-OH is 1. The Morgan fingerprint density at radius 1 is 1.39 bits per heavy atom. The fourth-order valence-electron chi connectivity index (χ4n) is 1.62. The summed E-state index contributed by atoms with van der Waals surface area (Å²) in [5, 5.41) is 11.8. The number of rotatable bonds is 7. The van der Waals surface area contributed by atoms with Crippen molar-refractivity contribution in [2.75, 3.05) is 13.2 Å². The van der Waals surface area contributed by atoms with Crippen molar-refractivity contribution in [1.29, 1.82) is 0 Å². The van der Waals surface area contributed by atoms with Gasteiger partial charge in [0.05, 0.1) is 0 Å². The zero-order valence-corrected chi connectivity index (χ0v) is 11.1. The molecule has 0 aliphatic rings. The first-order valence-corrected chi connectivity index (χ1v) is 6.30. The summed E-state index contributed by atoms with van der Waals surface area (Å²) < 4.78 is 0. The van der Waals surface area contributed by atoms with Gasteiger partial charge in [-0.05, 0) is 36.0 Å². The van der Waals surface area contributed by atoms with E-state index in [0.29, 0.717) is 19.4 Å². The highest BCUT2D eigenvalue weighted by Crippen LogP contribution is 2.17. The zero-order valence-electron chi connectivity index (χ0n) is 11.1. The molecule has 0 radical (unpaired) electrons. The lowest BCUT2D eigenvalue weighted by Gasteiger charge is -2.23. The van der Waals surface area contributed by atoms with E-state index in [4.69, 9.17) is 5.11 Å². The Bertz CT molecular complexity index is 363. The van der Waals surface area contributed by atoms with Crippen molar-refractivity contribution in [3.63, 3.8) is 0 Å². The molecule has 18 heavy (non-hydrogen) atoms. The summed E-state index contributed by atoms with van der Waals surface area (Å²) in [6, 6.07) is 3.84. The molecule has 0 bridgehead atoms. The van der Waals surface area contributed by atoms with E-state index < -0.39 is 0 Å². The summed E-state index contributed by atoms with van der Waals surface area (Å²) in [4.78, 5) is 15.6. The molecule has 4 nitrogen and oxygen atoms in total. The first-order chi connectivity index (χ1) is 8.53. The summed E-state index contributed by atoms with van der Waals surface area (Å²) in [6.07, 6.45) is 5.38. The molecule has 4 heteroatoms. The molecular weight excluding hydrogens is 228 g/mol. The SMILES string of the molecule is CC(C)(CCO)CNC(=O)CCc1ccncc1. The Balaban J connectivity index is 2.26. The number of hydrogen-bond donors (Lipinski definition) is 2. The fourth-order valence-corrected chi connectivity index (χ4v) is 1.62. The molecule has 0 spiro atoms. The van der Waals surface area contributed by atoms with E-state index in [1.54, 1.807) is 12.4 Å². The number of aliphatic hydroxyl groups is 1. The number of hydrogen-bond acceptors (Lipinski definition) is 3. The van der Waals surface area contributed by atoms with Crippen LogP contribution in [-0.4, -0.2) is 29.1 Å². The largest absolute Gasteiger partial charge is 0.396 e. The van der Waals surface area contributed by atoms with Crippen molar-refractivity contribution in [2.45, 2.75) is 33.1 Å². The van der Waals surface area contributed by atoms with Gasteiger partial charge in [-0.1, -0.05) is 13.8 Å². The van der Waals surface area contributed by atoms with E-state index in [0.717, 1.165) is 12.0 Å². The van der Waals surface area contributed by atoms with Crippen molar-refractivity contribution < 1.29 is 9.90 Å². The van der Waals surface area contributed by atoms with Gasteiger partial charge in [0.15, 0.2) is 0 Å². The summed E-state index contributed by atoms with van der Waals surface area (Å²) in [7, 11) is 0. The van der Waals surface area contributed by atoms with Crippen molar-refractivity contribution in [3.05, 3.63) is 30.1 Å². The molecule has 0 fully saturated rings. The Morgan fingerprint density at radius 3 is 2.67 bits per heavy atom. The number of carbonyl (C=O) groups excluding carboxylic acids is 1. The van der Waals surface area contributed by atoms with Gasteiger partial charge in [0.1, 0.15) is 0 Å². The van der Waals surface area contributed by atoms with Crippen LogP contribution in [0.5, 0.6) is 0 Å². The molecular formula is C14H22N2O2. The molecule has 0 aromatic carbocycles. The lowest BCUT2D eigenvalue weighted by atomic mass is 9.90. The average molecular weight is 250 g/mol. The van der Waals surface area contributed by atoms with Crippen molar-refractivity contribution in [2.24, 2.45) is 5.41 Å². The van der Waals surface area contributed by atoms with E-state index in [9.17, 15) is 4.79 Å². The number of nitrogens with one attached hydrogen (secondary N) is 1. The van der Waals surface area contributed by atoms with Crippen LogP contribution in [0.25, 0.3) is 0 Å². The van der Waals surface area contributed by atoms with Crippen LogP contribution in [0.15, 0.2) is 24.5 Å². The standard InChI is InChI=1S/C14H22N2O2/c1-14(2,7-10-17)11-16-13(18)4-3-12-5-8-15-9-6-12/h5-6,8-9,17H,3-4,7,10-11H2,1-2H3,(H,16,18). The third-order valence-corrected chi connectivity index (χ3v) is 2.94. The number of aromatic nitrogens is 1. The second kappa shape index (κ2) is 7.11. The first-order valence-electron chi connectivity index (χ1n) is 6.30. The Hall–Kier alpha value is -1.42. The number of aryl methyl sites for hydroxylation is 1. The molecule has 0 aliphatic carbocycles. The molecule has 1 heterocycles. The highest BCUT2D eigenvalue weighted by atomic mass is 16.3. The number of carbonyl (C=O) groups is 1. The van der Waals surface area contributed by atoms with E-state index in [2.05, 4.69) is 10.3 Å². The minimum Gasteiger partial charge on any atom is -0.396 e. The number of nitrogens with zero attached hydrogens (tertiary/aromatic N) is 1. The van der Waals surface area contributed by atoms with Crippen LogP contribution in [0.4, 0.5) is 0 Å². The smallest absolute Gasteiger partial charge is 0.220 e. The summed E-state index contributed by atoms with van der Waals surface area (Å²) in [6.45, 7) is 4.82. The van der Waals surface area contributed by atoms with Gasteiger partial charge in [-0.2, -0.15) is 0 Å². The molecule has 1 aromatic heterocycles. The van der Waals surface area contributed by atoms with Crippen LogP contribution < -0.4 is 5.32 Å². The van der Waals surface area contributed by atoms with E-state index >= 15 is 0 Å². The van der Waals surface area contributed by atoms with Gasteiger partial charge in [0, 0.05) is 32.0 Å². The minimum atomic E-state index is -0.0545. The van der Waals surface area contributed by atoms with Gasteiger partial charge in [0.25, 0.3) is 0 Å². The van der Waals surface area contributed by atoms with E-state index in [-0.39, 0.29) is 17.9 Å². The van der Waals surface area contributed by atoms with Gasteiger partial charge < -0.3 is 10.4 Å². The van der Waals surface area contributed by atoms with Crippen LogP contribution in [-0.2, 0) is 11.2 Å². The van der Waals surface area contributed by atoms with Crippen LogP contribution in [0.3, 0.4) is 0 Å². The molecule has 1 amide bonds. The van der Waals surface area contributed by atoms with Gasteiger partial charge in [-0.15, -0.1) is 0 Å². The zero-order chi connectivity index (χ0) is 13.4. The molecule has 0 atom stereocenters. The molecule has 0 unspecified atom stereocenters. The predicted molar refractivity (Wildman–Crippen MR) is 71.1 cm³/mol. The van der Waals surface area contributed by atoms with Crippen molar-refractivity contribution in [3.8, 4) is 0 Å². The van der Waals surface area contributed by atoms with Crippen LogP contribution in [0.1, 0.15) is 32.3 Å². The van der Waals surface area contributed by atoms with Crippen LogP contribution >= 0.6 is 0 Å². The molecule has 0 aliphatic heterocycles. The van der Waals surface area contributed by atoms with Gasteiger partial charge in [-0.25, -0.2) is 0 Å². The monoisotopic (exact) mass is 250 g/mol. The Kier molecular flexibility index (Phi) is 5.78. The topological polar surface area (TPSA) is 62.2 Å². The molecule has 1 rings (SSSR count). The van der Waals surface area contributed by atoms with Gasteiger partial charge in [-0.3, -0.25) is 9.78 Å². The summed E-state index contributed by atoms with van der Waals surface area (Å²) >= 11 is 0. The van der Waals surface area contributed by atoms with Crippen molar-refractivity contribution >= 4 is 5.91 Å². The average Bonchev–Trinajstić information content (AvgIpc) is 2.35. The highest BCUT2D eigenvalue weighted by Gasteiger charge is 2.17. The molecule has 2 N–H and O–H groups in total. The molecule has 0 saturated carbocycles. The second-order valence-corrected chi connectivity index (χ2v) is 5.27. The maximum Gasteiger partial charge on any atom is 0.220 e. The lowest BCUT2D eigenvalue weighted by molar-refractivity contribution is -0.121. The van der Waals surface area contributed by atoms with Crippen LogP contribution in [0, 0.1) is 5.41 Å². The number of pyridine rings is 1. The Morgan fingerprint density at radius 2 is 2.06 bits per heavy atom. The third-order valence-electron chi connectivity index (χ3n) is 2.94. The summed E-state index contributed by atoms with van der Waals surface area (Å²) in [5.41, 5.74) is 1.07. The normalized spacial score (nSPS) is 11.3. The molecule has 100 valence electrons. The number of amides is 1. The van der Waals surface area contributed by atoms with E-state index in [1.165, 1.54) is 0 Å². The quantitative estimate of drug-likeness (QED) is 0.771. The van der Waals surface area contributed by atoms with Gasteiger partial charge >= 0.3 is 0 Å². The summed E-state index contributed by atoms with van der Waals surface area (Å²) in [5.74, 6) is 0.0535. The third kappa shape index (κ3) is 5.77. The van der Waals surface area contributed by atoms with Crippen LogP contribution in [0.2, 0.25) is 0 Å². The van der Waals surface area contributed by atoms with Gasteiger partial charge in [0.2, 0.25) is 5.91 Å². The maximum atomic E-state index is 11.7. The first kappa shape index (κ1) is 14.6. The Labute approximate surface area is 108 Å². The van der Waals surface area contributed by atoms with E-state index in [1.807, 2.05) is 26.0 Å². The maximum absolute atomic E-state index is 11.7. The highest BCUT2D eigenvalue weighted by molar-refractivity contribution is 5.76. The molecule has 1 aromatic rings. The fraction of sp³-hybridized carbons (Fsp3) is 0.571.